The maximum absolute atomic E-state index is 12.6. The van der Waals surface area contributed by atoms with E-state index in [0.29, 0.717) is 31.1 Å². The van der Waals surface area contributed by atoms with Crippen LogP contribution in [0.5, 0.6) is 11.5 Å². The Morgan fingerprint density at radius 3 is 2.26 bits per heavy atom. The Labute approximate surface area is 136 Å². The van der Waals surface area contributed by atoms with Crippen molar-refractivity contribution in [3.8, 4) is 11.5 Å². The van der Waals surface area contributed by atoms with Crippen molar-refractivity contribution < 1.29 is 27.8 Å². The van der Waals surface area contributed by atoms with Gasteiger partial charge in [-0.1, -0.05) is 6.92 Å². The van der Waals surface area contributed by atoms with Crippen molar-refractivity contribution in [3.63, 3.8) is 0 Å². The van der Waals surface area contributed by atoms with Crippen LogP contribution in [0.25, 0.3) is 0 Å². The minimum atomic E-state index is -3.91. The number of carboxylic acid groups (broad SMARTS) is 1. The van der Waals surface area contributed by atoms with Crippen molar-refractivity contribution in [2.24, 2.45) is 0 Å². The lowest BCUT2D eigenvalue weighted by Crippen LogP contribution is -2.36. The van der Waals surface area contributed by atoms with Gasteiger partial charge < -0.3 is 14.6 Å². The van der Waals surface area contributed by atoms with Gasteiger partial charge in [0.15, 0.2) is 11.5 Å². The standard InChI is InChI=1S/C15H23NO6S/c1-4-9-16(11-15(17)18)23(19,20)12-7-8-13(21-5-2)14(10-12)22-6-3/h7-8,10H,4-6,9,11H2,1-3H3,(H,17,18). The monoisotopic (exact) mass is 345 g/mol. The van der Waals surface area contributed by atoms with Crippen LogP contribution in [0.4, 0.5) is 0 Å². The van der Waals surface area contributed by atoms with Crippen molar-refractivity contribution in [1.29, 1.82) is 0 Å². The van der Waals surface area contributed by atoms with Crippen molar-refractivity contribution in [1.82, 2.24) is 4.31 Å². The van der Waals surface area contributed by atoms with E-state index in [2.05, 4.69) is 0 Å². The number of carboxylic acids is 1. The van der Waals surface area contributed by atoms with Gasteiger partial charge in [0.1, 0.15) is 6.54 Å². The molecule has 0 saturated heterocycles. The lowest BCUT2D eigenvalue weighted by atomic mass is 10.3. The zero-order valence-corrected chi connectivity index (χ0v) is 14.4. The number of hydrogen-bond acceptors (Lipinski definition) is 5. The van der Waals surface area contributed by atoms with E-state index in [0.717, 1.165) is 4.31 Å². The first-order valence-corrected chi connectivity index (χ1v) is 8.92. The Morgan fingerprint density at radius 1 is 1.13 bits per heavy atom. The summed E-state index contributed by atoms with van der Waals surface area (Å²) >= 11 is 0. The fourth-order valence-corrected chi connectivity index (χ4v) is 3.52. The minimum Gasteiger partial charge on any atom is -0.490 e. The number of benzene rings is 1. The molecular formula is C15H23NO6S. The number of ether oxygens (including phenoxy) is 2. The topological polar surface area (TPSA) is 93.1 Å². The second-order valence-electron chi connectivity index (χ2n) is 4.71. The molecule has 0 spiro atoms. The summed E-state index contributed by atoms with van der Waals surface area (Å²) in [4.78, 5) is 10.9. The maximum atomic E-state index is 12.6. The highest BCUT2D eigenvalue weighted by molar-refractivity contribution is 7.89. The molecule has 0 aliphatic carbocycles. The smallest absolute Gasteiger partial charge is 0.318 e. The largest absolute Gasteiger partial charge is 0.490 e. The predicted molar refractivity (Wildman–Crippen MR) is 85.5 cm³/mol. The Bertz CT molecular complexity index is 629. The van der Waals surface area contributed by atoms with Gasteiger partial charge in [0, 0.05) is 12.6 Å². The SMILES string of the molecule is CCCN(CC(=O)O)S(=O)(=O)c1ccc(OCC)c(OCC)c1. The Morgan fingerprint density at radius 2 is 1.74 bits per heavy atom. The molecule has 1 rings (SSSR count). The molecule has 130 valence electrons. The highest BCUT2D eigenvalue weighted by Crippen LogP contribution is 2.31. The third kappa shape index (κ3) is 5.11. The summed E-state index contributed by atoms with van der Waals surface area (Å²) in [5.74, 6) is -0.422. The fourth-order valence-electron chi connectivity index (χ4n) is 2.03. The van der Waals surface area contributed by atoms with Crippen LogP contribution in [0.1, 0.15) is 27.2 Å². The average Bonchev–Trinajstić information content (AvgIpc) is 2.48. The van der Waals surface area contributed by atoms with E-state index < -0.39 is 22.5 Å². The molecule has 0 bridgehead atoms. The lowest BCUT2D eigenvalue weighted by Gasteiger charge is -2.20. The van der Waals surface area contributed by atoms with E-state index in [1.54, 1.807) is 13.8 Å². The molecule has 23 heavy (non-hydrogen) atoms. The first-order chi connectivity index (χ1) is 10.9. The minimum absolute atomic E-state index is 0.0147. The molecule has 0 aromatic heterocycles. The number of rotatable bonds is 10. The van der Waals surface area contributed by atoms with Gasteiger partial charge in [-0.05, 0) is 32.4 Å². The number of hydrogen-bond donors (Lipinski definition) is 1. The first-order valence-electron chi connectivity index (χ1n) is 7.48. The molecule has 0 aliphatic heterocycles. The number of sulfonamides is 1. The molecule has 0 radical (unpaired) electrons. The van der Waals surface area contributed by atoms with E-state index in [1.165, 1.54) is 18.2 Å². The number of aliphatic carboxylic acids is 1. The summed E-state index contributed by atoms with van der Waals surface area (Å²) in [6, 6.07) is 4.29. The van der Waals surface area contributed by atoms with Crippen LogP contribution in [0.2, 0.25) is 0 Å². The molecule has 8 heteroatoms. The van der Waals surface area contributed by atoms with Gasteiger partial charge in [0.2, 0.25) is 10.0 Å². The zero-order chi connectivity index (χ0) is 17.5. The molecule has 0 heterocycles. The van der Waals surface area contributed by atoms with Gasteiger partial charge in [0.05, 0.1) is 18.1 Å². The van der Waals surface area contributed by atoms with Crippen molar-refractivity contribution >= 4 is 16.0 Å². The summed E-state index contributed by atoms with van der Waals surface area (Å²) in [5, 5.41) is 8.92. The van der Waals surface area contributed by atoms with E-state index in [4.69, 9.17) is 14.6 Å². The molecule has 7 nitrogen and oxygen atoms in total. The number of nitrogens with zero attached hydrogens (tertiary/aromatic N) is 1. The summed E-state index contributed by atoms with van der Waals surface area (Å²) < 4.78 is 37.1. The second kappa shape index (κ2) is 8.73. The van der Waals surface area contributed by atoms with Gasteiger partial charge in [-0.25, -0.2) is 8.42 Å². The third-order valence-electron chi connectivity index (χ3n) is 2.94. The predicted octanol–water partition coefficient (Wildman–Crippen LogP) is 1.97. The molecule has 1 N–H and O–H groups in total. The van der Waals surface area contributed by atoms with Crippen molar-refractivity contribution in [2.75, 3.05) is 26.3 Å². The molecule has 0 atom stereocenters. The van der Waals surface area contributed by atoms with Crippen LogP contribution >= 0.6 is 0 Å². The summed E-state index contributed by atoms with van der Waals surface area (Å²) in [5.41, 5.74) is 0. The normalized spacial score (nSPS) is 11.5. The molecule has 1 aromatic rings. The Kier molecular flexibility index (Phi) is 7.31. The van der Waals surface area contributed by atoms with Crippen LogP contribution in [-0.4, -0.2) is 50.1 Å². The van der Waals surface area contributed by atoms with Gasteiger partial charge >= 0.3 is 5.97 Å². The lowest BCUT2D eigenvalue weighted by molar-refractivity contribution is -0.137. The molecule has 0 unspecified atom stereocenters. The number of carbonyl (C=O) groups is 1. The first kappa shape index (κ1) is 19.2. The van der Waals surface area contributed by atoms with Gasteiger partial charge in [-0.15, -0.1) is 0 Å². The third-order valence-corrected chi connectivity index (χ3v) is 4.78. The molecule has 0 fully saturated rings. The van der Waals surface area contributed by atoms with Gasteiger partial charge in [0.25, 0.3) is 0 Å². The molecule has 1 aromatic carbocycles. The molecule has 0 aliphatic rings. The van der Waals surface area contributed by atoms with Gasteiger partial charge in [-0.2, -0.15) is 4.31 Å². The fraction of sp³-hybridized carbons (Fsp3) is 0.533. The second-order valence-corrected chi connectivity index (χ2v) is 6.64. The van der Waals surface area contributed by atoms with Crippen LogP contribution in [0, 0.1) is 0 Å². The van der Waals surface area contributed by atoms with E-state index in [1.807, 2.05) is 6.92 Å². The van der Waals surface area contributed by atoms with E-state index in [9.17, 15) is 13.2 Å². The molecular weight excluding hydrogens is 322 g/mol. The Hall–Kier alpha value is -1.80. The van der Waals surface area contributed by atoms with Crippen molar-refractivity contribution in [3.05, 3.63) is 18.2 Å². The highest BCUT2D eigenvalue weighted by Gasteiger charge is 2.27. The Balaban J connectivity index is 3.24. The summed E-state index contributed by atoms with van der Waals surface area (Å²) in [6.07, 6.45) is 0.516. The van der Waals surface area contributed by atoms with E-state index >= 15 is 0 Å². The zero-order valence-electron chi connectivity index (χ0n) is 13.6. The van der Waals surface area contributed by atoms with Crippen LogP contribution < -0.4 is 9.47 Å². The summed E-state index contributed by atoms with van der Waals surface area (Å²) in [6.45, 7) is 5.72. The van der Waals surface area contributed by atoms with Crippen LogP contribution in [0.15, 0.2) is 23.1 Å². The average molecular weight is 345 g/mol. The van der Waals surface area contributed by atoms with Crippen LogP contribution in [-0.2, 0) is 14.8 Å². The van der Waals surface area contributed by atoms with Crippen molar-refractivity contribution in [2.45, 2.75) is 32.1 Å². The highest BCUT2D eigenvalue weighted by atomic mass is 32.2. The van der Waals surface area contributed by atoms with E-state index in [-0.39, 0.29) is 11.4 Å². The molecule has 0 amide bonds. The quantitative estimate of drug-likeness (QED) is 0.697. The van der Waals surface area contributed by atoms with Crippen LogP contribution in [0.3, 0.4) is 0 Å². The summed E-state index contributed by atoms with van der Waals surface area (Å²) in [7, 11) is -3.91. The molecule has 0 saturated carbocycles. The maximum Gasteiger partial charge on any atom is 0.318 e. The van der Waals surface area contributed by atoms with Gasteiger partial charge in [-0.3, -0.25) is 4.79 Å².